The molecule has 0 fully saturated rings. The van der Waals surface area contributed by atoms with E-state index >= 15 is 0 Å². The van der Waals surface area contributed by atoms with Gasteiger partial charge in [0.25, 0.3) is 0 Å². The highest BCUT2D eigenvalue weighted by Gasteiger charge is 2.12. The second-order valence-corrected chi connectivity index (χ2v) is 4.54. The molecule has 3 rings (SSSR count). The van der Waals surface area contributed by atoms with Crippen molar-refractivity contribution in [3.8, 4) is 28.3 Å². The minimum Gasteiger partial charge on any atom is -0.497 e. The van der Waals surface area contributed by atoms with Gasteiger partial charge in [0.05, 0.1) is 7.11 Å². The highest BCUT2D eigenvalue weighted by atomic mass is 32.1. The SMILES string of the molecule is COc1ccc(-c2n[nH]nc2-c2ccsc2)cc1. The molecular formula is C13H11N3OS. The van der Waals surface area contributed by atoms with Crippen molar-refractivity contribution < 1.29 is 4.74 Å². The van der Waals surface area contributed by atoms with E-state index in [9.17, 15) is 0 Å². The van der Waals surface area contributed by atoms with E-state index in [2.05, 4.69) is 20.8 Å². The number of thiophene rings is 1. The Kier molecular flexibility index (Phi) is 2.82. The number of methoxy groups -OCH3 is 1. The molecule has 4 nitrogen and oxygen atoms in total. The first-order chi connectivity index (χ1) is 8.88. The quantitative estimate of drug-likeness (QED) is 0.783. The van der Waals surface area contributed by atoms with Gasteiger partial charge in [-0.1, -0.05) is 0 Å². The fraction of sp³-hybridized carbons (Fsp3) is 0.0769. The zero-order valence-electron chi connectivity index (χ0n) is 9.75. The molecule has 0 amide bonds. The average Bonchev–Trinajstić information content (AvgIpc) is 3.09. The van der Waals surface area contributed by atoms with Crippen molar-refractivity contribution in [1.82, 2.24) is 15.4 Å². The maximum atomic E-state index is 5.15. The normalized spacial score (nSPS) is 10.5. The molecule has 3 aromatic rings. The minimum absolute atomic E-state index is 0.833. The molecule has 2 heterocycles. The molecule has 18 heavy (non-hydrogen) atoms. The van der Waals surface area contributed by atoms with E-state index in [-0.39, 0.29) is 0 Å². The van der Waals surface area contributed by atoms with Crippen LogP contribution in [0.2, 0.25) is 0 Å². The molecule has 1 aromatic carbocycles. The Bertz CT molecular complexity index is 629. The second kappa shape index (κ2) is 4.62. The standard InChI is InChI=1S/C13H11N3OS/c1-17-11-4-2-9(3-5-11)12-13(15-16-14-12)10-6-7-18-8-10/h2-8H,1H3,(H,14,15,16). The van der Waals surface area contributed by atoms with E-state index in [4.69, 9.17) is 4.74 Å². The fourth-order valence-corrected chi connectivity index (χ4v) is 2.42. The first kappa shape index (κ1) is 11.0. The summed E-state index contributed by atoms with van der Waals surface area (Å²) in [4.78, 5) is 0. The number of aromatic nitrogens is 3. The number of nitrogens with zero attached hydrogens (tertiary/aromatic N) is 2. The van der Waals surface area contributed by atoms with Gasteiger partial charge in [0.1, 0.15) is 17.1 Å². The lowest BCUT2D eigenvalue weighted by Crippen LogP contribution is -1.84. The monoisotopic (exact) mass is 257 g/mol. The number of rotatable bonds is 3. The Balaban J connectivity index is 2.04. The molecule has 0 aliphatic carbocycles. The molecule has 0 aliphatic heterocycles. The highest BCUT2D eigenvalue weighted by Crippen LogP contribution is 2.30. The molecule has 90 valence electrons. The number of nitrogens with one attached hydrogen (secondary N) is 1. The molecule has 0 saturated heterocycles. The molecule has 2 aromatic heterocycles. The van der Waals surface area contributed by atoms with Crippen LogP contribution in [0.5, 0.6) is 5.75 Å². The predicted octanol–water partition coefficient (Wildman–Crippen LogP) is 3.21. The molecule has 0 atom stereocenters. The van der Waals surface area contributed by atoms with E-state index in [1.165, 1.54) is 0 Å². The number of ether oxygens (including phenoxy) is 1. The van der Waals surface area contributed by atoms with Gasteiger partial charge < -0.3 is 4.74 Å². The Morgan fingerprint density at radius 3 is 2.33 bits per heavy atom. The highest BCUT2D eigenvalue weighted by molar-refractivity contribution is 7.08. The van der Waals surface area contributed by atoms with E-state index in [0.717, 1.165) is 28.3 Å². The number of benzene rings is 1. The van der Waals surface area contributed by atoms with Crippen LogP contribution in [0.1, 0.15) is 0 Å². The summed E-state index contributed by atoms with van der Waals surface area (Å²) in [6.45, 7) is 0. The van der Waals surface area contributed by atoms with Gasteiger partial charge in [-0.15, -0.1) is 0 Å². The van der Waals surface area contributed by atoms with Crippen molar-refractivity contribution >= 4 is 11.3 Å². The van der Waals surface area contributed by atoms with E-state index in [1.54, 1.807) is 18.4 Å². The largest absolute Gasteiger partial charge is 0.497 e. The summed E-state index contributed by atoms with van der Waals surface area (Å²) >= 11 is 1.65. The lowest BCUT2D eigenvalue weighted by molar-refractivity contribution is 0.415. The summed E-state index contributed by atoms with van der Waals surface area (Å²) in [6, 6.07) is 9.83. The molecule has 0 unspecified atom stereocenters. The van der Waals surface area contributed by atoms with Crippen LogP contribution in [0.25, 0.3) is 22.5 Å². The summed E-state index contributed by atoms with van der Waals surface area (Å²) in [6.07, 6.45) is 0. The van der Waals surface area contributed by atoms with Gasteiger partial charge in [0, 0.05) is 16.5 Å². The molecule has 0 spiro atoms. The molecule has 1 N–H and O–H groups in total. The third kappa shape index (κ3) is 1.89. The minimum atomic E-state index is 0.833. The summed E-state index contributed by atoms with van der Waals surface area (Å²) in [7, 11) is 1.65. The van der Waals surface area contributed by atoms with Crippen LogP contribution in [0.15, 0.2) is 41.1 Å². The molecule has 0 saturated carbocycles. The second-order valence-electron chi connectivity index (χ2n) is 3.76. The zero-order chi connectivity index (χ0) is 12.4. The van der Waals surface area contributed by atoms with Gasteiger partial charge in [0.15, 0.2) is 0 Å². The van der Waals surface area contributed by atoms with E-state index in [1.807, 2.05) is 35.7 Å². The van der Waals surface area contributed by atoms with Gasteiger partial charge in [-0.3, -0.25) is 0 Å². The van der Waals surface area contributed by atoms with Gasteiger partial charge >= 0.3 is 0 Å². The van der Waals surface area contributed by atoms with Crippen LogP contribution in [0, 0.1) is 0 Å². The van der Waals surface area contributed by atoms with Crippen LogP contribution in [0.4, 0.5) is 0 Å². The van der Waals surface area contributed by atoms with Gasteiger partial charge in [0.2, 0.25) is 0 Å². The van der Waals surface area contributed by atoms with Crippen LogP contribution in [-0.2, 0) is 0 Å². The number of aromatic amines is 1. The van der Waals surface area contributed by atoms with Crippen molar-refractivity contribution in [3.63, 3.8) is 0 Å². The van der Waals surface area contributed by atoms with E-state index in [0.29, 0.717) is 0 Å². The lowest BCUT2D eigenvalue weighted by atomic mass is 10.1. The van der Waals surface area contributed by atoms with Crippen LogP contribution < -0.4 is 4.74 Å². The maximum Gasteiger partial charge on any atom is 0.121 e. The first-order valence-electron chi connectivity index (χ1n) is 5.46. The van der Waals surface area contributed by atoms with E-state index < -0.39 is 0 Å². The Morgan fingerprint density at radius 2 is 1.72 bits per heavy atom. The molecular weight excluding hydrogens is 246 g/mol. The summed E-state index contributed by atoms with van der Waals surface area (Å²) in [5.41, 5.74) is 3.84. The van der Waals surface area contributed by atoms with Gasteiger partial charge in [-0.05, 0) is 35.7 Å². The first-order valence-corrected chi connectivity index (χ1v) is 6.40. The topological polar surface area (TPSA) is 50.8 Å². The predicted molar refractivity (Wildman–Crippen MR) is 71.7 cm³/mol. The number of H-pyrrole nitrogens is 1. The smallest absolute Gasteiger partial charge is 0.121 e. The van der Waals surface area contributed by atoms with Crippen LogP contribution in [-0.4, -0.2) is 22.5 Å². The lowest BCUT2D eigenvalue weighted by Gasteiger charge is -2.02. The number of hydrogen-bond donors (Lipinski definition) is 1. The van der Waals surface area contributed by atoms with Crippen molar-refractivity contribution in [1.29, 1.82) is 0 Å². The van der Waals surface area contributed by atoms with Crippen LogP contribution >= 0.6 is 11.3 Å². The molecule has 0 aliphatic rings. The summed E-state index contributed by atoms with van der Waals surface area (Å²) < 4.78 is 5.15. The summed E-state index contributed by atoms with van der Waals surface area (Å²) in [5.74, 6) is 0.833. The van der Waals surface area contributed by atoms with Crippen molar-refractivity contribution in [2.75, 3.05) is 7.11 Å². The number of hydrogen-bond acceptors (Lipinski definition) is 4. The van der Waals surface area contributed by atoms with Crippen LogP contribution in [0.3, 0.4) is 0 Å². The third-order valence-corrected chi connectivity index (χ3v) is 3.39. The Hall–Kier alpha value is -2.14. The maximum absolute atomic E-state index is 5.15. The fourth-order valence-electron chi connectivity index (χ4n) is 1.78. The summed E-state index contributed by atoms with van der Waals surface area (Å²) in [5, 5.41) is 15.2. The molecule has 0 bridgehead atoms. The van der Waals surface area contributed by atoms with Gasteiger partial charge in [-0.25, -0.2) is 0 Å². The van der Waals surface area contributed by atoms with Crippen molar-refractivity contribution in [2.45, 2.75) is 0 Å². The third-order valence-electron chi connectivity index (χ3n) is 2.71. The van der Waals surface area contributed by atoms with Gasteiger partial charge in [-0.2, -0.15) is 26.7 Å². The Morgan fingerprint density at radius 1 is 1.00 bits per heavy atom. The molecule has 0 radical (unpaired) electrons. The van der Waals surface area contributed by atoms with Crippen molar-refractivity contribution in [2.24, 2.45) is 0 Å². The zero-order valence-corrected chi connectivity index (χ0v) is 10.6. The molecule has 5 heteroatoms. The van der Waals surface area contributed by atoms with Crippen molar-refractivity contribution in [3.05, 3.63) is 41.1 Å². The Labute approximate surface area is 108 Å². The average molecular weight is 257 g/mol.